The highest BCUT2D eigenvalue weighted by atomic mass is 16.5. The van der Waals surface area contributed by atoms with Gasteiger partial charge < -0.3 is 9.84 Å². The Bertz CT molecular complexity index is 312. The molecule has 76 valence electrons. The van der Waals surface area contributed by atoms with Crippen LogP contribution in [0, 0.1) is 0 Å². The van der Waals surface area contributed by atoms with E-state index in [0.29, 0.717) is 12.3 Å². The minimum Gasteiger partial charge on any atom is -0.478 e. The van der Waals surface area contributed by atoms with Crippen LogP contribution >= 0.6 is 0 Å². The van der Waals surface area contributed by atoms with Crippen LogP contribution in [-0.2, 0) is 4.79 Å². The maximum absolute atomic E-state index is 10.9. The lowest BCUT2D eigenvalue weighted by atomic mass is 10.0. The van der Waals surface area contributed by atoms with Gasteiger partial charge in [0.1, 0.15) is 0 Å². The molecule has 0 spiro atoms. The summed E-state index contributed by atoms with van der Waals surface area (Å²) in [6, 6.07) is 5.13. The zero-order chi connectivity index (χ0) is 10.6. The smallest absolute Gasteiger partial charge is 0.347 e. The zero-order valence-electron chi connectivity index (χ0n) is 8.23. The Morgan fingerprint density at radius 2 is 2.36 bits per heavy atom. The van der Waals surface area contributed by atoms with E-state index in [4.69, 9.17) is 9.84 Å². The summed E-state index contributed by atoms with van der Waals surface area (Å²) >= 11 is 0. The van der Waals surface area contributed by atoms with Crippen LogP contribution in [0.2, 0.25) is 0 Å². The lowest BCUT2D eigenvalue weighted by Crippen LogP contribution is -2.40. The molecule has 1 N–H and O–H groups in total. The number of pyridine rings is 1. The highest BCUT2D eigenvalue weighted by Crippen LogP contribution is 2.18. The first-order chi connectivity index (χ1) is 6.58. The fourth-order valence-electron chi connectivity index (χ4n) is 0.905. The van der Waals surface area contributed by atoms with Gasteiger partial charge >= 0.3 is 5.97 Å². The summed E-state index contributed by atoms with van der Waals surface area (Å²) < 4.78 is 5.30. The molecule has 0 saturated carbocycles. The molecule has 0 fully saturated rings. The average Bonchev–Trinajstić information content (AvgIpc) is 2.19. The molecule has 4 heteroatoms. The van der Waals surface area contributed by atoms with E-state index in [1.165, 1.54) is 6.92 Å². The summed E-state index contributed by atoms with van der Waals surface area (Å²) in [7, 11) is 0. The standard InChI is InChI=1S/C10H13NO3/c1-3-10(2,9(12)13)14-8-6-4-5-7-11-8/h4-7H,3H2,1-2H3,(H,12,13). The molecular weight excluding hydrogens is 182 g/mol. The number of carbonyl (C=O) groups is 1. The van der Waals surface area contributed by atoms with Crippen LogP contribution in [0.25, 0.3) is 0 Å². The van der Waals surface area contributed by atoms with Crippen LogP contribution in [0.15, 0.2) is 24.4 Å². The van der Waals surface area contributed by atoms with Crippen molar-refractivity contribution < 1.29 is 14.6 Å². The molecule has 0 aliphatic carbocycles. The number of nitrogens with zero attached hydrogens (tertiary/aromatic N) is 1. The van der Waals surface area contributed by atoms with Gasteiger partial charge in [0, 0.05) is 12.3 Å². The summed E-state index contributed by atoms with van der Waals surface area (Å²) in [5, 5.41) is 8.94. The van der Waals surface area contributed by atoms with Crippen LogP contribution in [-0.4, -0.2) is 21.7 Å². The number of hydrogen-bond acceptors (Lipinski definition) is 3. The molecule has 0 bridgehead atoms. The van der Waals surface area contributed by atoms with E-state index >= 15 is 0 Å². The Morgan fingerprint density at radius 3 is 2.79 bits per heavy atom. The summed E-state index contributed by atoms with van der Waals surface area (Å²) in [4.78, 5) is 14.8. The van der Waals surface area contributed by atoms with Crippen molar-refractivity contribution in [1.82, 2.24) is 4.98 Å². The fraction of sp³-hybridized carbons (Fsp3) is 0.400. The third kappa shape index (κ3) is 2.22. The second kappa shape index (κ2) is 4.09. The van der Waals surface area contributed by atoms with E-state index in [2.05, 4.69) is 4.98 Å². The first kappa shape index (κ1) is 10.5. The molecule has 0 aromatic carbocycles. The van der Waals surface area contributed by atoms with Crippen LogP contribution < -0.4 is 4.74 Å². The highest BCUT2D eigenvalue weighted by Gasteiger charge is 2.33. The summed E-state index contributed by atoms with van der Waals surface area (Å²) in [5.41, 5.74) is -1.20. The lowest BCUT2D eigenvalue weighted by Gasteiger charge is -2.23. The van der Waals surface area contributed by atoms with Crippen LogP contribution in [0.4, 0.5) is 0 Å². The highest BCUT2D eigenvalue weighted by molar-refractivity contribution is 5.77. The second-order valence-electron chi connectivity index (χ2n) is 3.16. The topological polar surface area (TPSA) is 59.4 Å². The third-order valence-corrected chi connectivity index (χ3v) is 2.09. The largest absolute Gasteiger partial charge is 0.478 e. The van der Waals surface area contributed by atoms with Crippen molar-refractivity contribution in [3.05, 3.63) is 24.4 Å². The van der Waals surface area contributed by atoms with Gasteiger partial charge in [-0.15, -0.1) is 0 Å². The number of carboxylic acid groups (broad SMARTS) is 1. The summed E-state index contributed by atoms with van der Waals surface area (Å²) in [5.74, 6) is -0.648. The minimum absolute atomic E-state index is 0.333. The predicted octanol–water partition coefficient (Wildman–Crippen LogP) is 1.71. The monoisotopic (exact) mass is 195 g/mol. The van der Waals surface area contributed by atoms with E-state index in [1.54, 1.807) is 31.3 Å². The summed E-state index contributed by atoms with van der Waals surface area (Å²) in [6.45, 7) is 3.29. The zero-order valence-corrected chi connectivity index (χ0v) is 8.23. The van der Waals surface area contributed by atoms with Crippen LogP contribution in [0.5, 0.6) is 5.88 Å². The van der Waals surface area contributed by atoms with Crippen molar-refractivity contribution in [2.24, 2.45) is 0 Å². The fourth-order valence-corrected chi connectivity index (χ4v) is 0.905. The molecule has 0 radical (unpaired) electrons. The number of aliphatic carboxylic acids is 1. The molecule has 1 aromatic rings. The molecule has 1 unspecified atom stereocenters. The van der Waals surface area contributed by atoms with Gasteiger partial charge in [0.25, 0.3) is 0 Å². The Hall–Kier alpha value is -1.58. The maximum atomic E-state index is 10.9. The van der Waals surface area contributed by atoms with E-state index in [-0.39, 0.29) is 0 Å². The Labute approximate surface area is 82.5 Å². The molecule has 14 heavy (non-hydrogen) atoms. The molecule has 4 nitrogen and oxygen atoms in total. The van der Waals surface area contributed by atoms with E-state index in [1.807, 2.05) is 0 Å². The van der Waals surface area contributed by atoms with Crippen LogP contribution in [0.3, 0.4) is 0 Å². The number of ether oxygens (including phenoxy) is 1. The van der Waals surface area contributed by atoms with Gasteiger partial charge in [-0.2, -0.15) is 0 Å². The molecule has 0 amide bonds. The van der Waals surface area contributed by atoms with Crippen molar-refractivity contribution in [2.45, 2.75) is 25.9 Å². The number of rotatable bonds is 4. The predicted molar refractivity (Wildman–Crippen MR) is 51.2 cm³/mol. The SMILES string of the molecule is CCC(C)(Oc1ccccn1)C(=O)O. The first-order valence-corrected chi connectivity index (χ1v) is 4.42. The van der Waals surface area contributed by atoms with Crippen LogP contribution in [0.1, 0.15) is 20.3 Å². The van der Waals surface area contributed by atoms with Gasteiger partial charge in [-0.3, -0.25) is 0 Å². The average molecular weight is 195 g/mol. The van der Waals surface area contributed by atoms with E-state index < -0.39 is 11.6 Å². The van der Waals surface area contributed by atoms with Crippen molar-refractivity contribution in [1.29, 1.82) is 0 Å². The van der Waals surface area contributed by atoms with Crippen molar-refractivity contribution in [3.63, 3.8) is 0 Å². The van der Waals surface area contributed by atoms with Gasteiger partial charge in [0.05, 0.1) is 0 Å². The lowest BCUT2D eigenvalue weighted by molar-refractivity contribution is -0.154. The number of hydrogen-bond donors (Lipinski definition) is 1. The van der Waals surface area contributed by atoms with Gasteiger partial charge in [0.15, 0.2) is 0 Å². The summed E-state index contributed by atoms with van der Waals surface area (Å²) in [6.07, 6.45) is 1.95. The minimum atomic E-state index is -1.20. The van der Waals surface area contributed by atoms with E-state index in [9.17, 15) is 4.79 Å². The molecule has 1 rings (SSSR count). The normalized spacial score (nSPS) is 14.4. The number of carboxylic acids is 1. The van der Waals surface area contributed by atoms with Gasteiger partial charge in [-0.05, 0) is 19.4 Å². The second-order valence-corrected chi connectivity index (χ2v) is 3.16. The van der Waals surface area contributed by atoms with Gasteiger partial charge in [0.2, 0.25) is 11.5 Å². The molecule has 0 aliphatic heterocycles. The Balaban J connectivity index is 2.81. The molecular formula is C10H13NO3. The van der Waals surface area contributed by atoms with E-state index in [0.717, 1.165) is 0 Å². The first-order valence-electron chi connectivity index (χ1n) is 4.42. The molecule has 0 saturated heterocycles. The number of aromatic nitrogens is 1. The quantitative estimate of drug-likeness (QED) is 0.794. The molecule has 1 aromatic heterocycles. The van der Waals surface area contributed by atoms with Crippen molar-refractivity contribution in [2.75, 3.05) is 0 Å². The van der Waals surface area contributed by atoms with Gasteiger partial charge in [-0.1, -0.05) is 13.0 Å². The maximum Gasteiger partial charge on any atom is 0.347 e. The Kier molecular flexibility index (Phi) is 3.06. The molecule has 0 aliphatic rings. The Morgan fingerprint density at radius 1 is 1.64 bits per heavy atom. The third-order valence-electron chi connectivity index (χ3n) is 2.09. The van der Waals surface area contributed by atoms with Crippen molar-refractivity contribution >= 4 is 5.97 Å². The molecule has 1 atom stereocenters. The van der Waals surface area contributed by atoms with Gasteiger partial charge in [-0.25, -0.2) is 9.78 Å². The van der Waals surface area contributed by atoms with Crippen molar-refractivity contribution in [3.8, 4) is 5.88 Å². The molecule has 1 heterocycles.